The third-order valence-electron chi connectivity index (χ3n) is 2.09. The Labute approximate surface area is 93.2 Å². The fraction of sp³-hybridized carbons (Fsp3) is 0.300. The van der Waals surface area contributed by atoms with E-state index in [1.54, 1.807) is 6.07 Å². The lowest BCUT2D eigenvalue weighted by molar-refractivity contribution is 0.742. The first-order valence-corrected chi connectivity index (χ1v) is 4.90. The summed E-state index contributed by atoms with van der Waals surface area (Å²) in [6, 6.07) is 5.24. The molecule has 0 fully saturated rings. The second kappa shape index (κ2) is 4.65. The Kier molecular flexibility index (Phi) is 3.77. The molecule has 0 aliphatic carbocycles. The topological polar surface area (TPSA) is 49.8 Å². The molecule has 1 atom stereocenters. The quantitative estimate of drug-likeness (QED) is 0.846. The van der Waals surface area contributed by atoms with Crippen molar-refractivity contribution in [2.24, 2.45) is 5.73 Å². The van der Waals surface area contributed by atoms with Crippen LogP contribution in [0.2, 0.25) is 10.0 Å². The molecular formula is C10H10Cl2N2. The number of nitriles is 1. The van der Waals surface area contributed by atoms with Crippen molar-refractivity contribution < 1.29 is 0 Å². The molecule has 0 radical (unpaired) electrons. The lowest BCUT2D eigenvalue weighted by atomic mass is 10.00. The zero-order chi connectivity index (χ0) is 10.7. The van der Waals surface area contributed by atoms with Gasteiger partial charge in [-0.15, -0.1) is 0 Å². The van der Waals surface area contributed by atoms with E-state index in [0.717, 1.165) is 11.1 Å². The van der Waals surface area contributed by atoms with Gasteiger partial charge in [-0.3, -0.25) is 0 Å². The molecule has 0 aliphatic rings. The van der Waals surface area contributed by atoms with Crippen LogP contribution in [0.4, 0.5) is 0 Å². The molecule has 4 heteroatoms. The molecule has 1 rings (SSSR count). The smallest absolute Gasteiger partial charge is 0.0641 e. The van der Waals surface area contributed by atoms with Crippen molar-refractivity contribution in [1.29, 1.82) is 5.26 Å². The second-order valence-electron chi connectivity index (χ2n) is 3.04. The van der Waals surface area contributed by atoms with Gasteiger partial charge in [0.25, 0.3) is 0 Å². The number of rotatable bonds is 2. The molecule has 0 bridgehead atoms. The summed E-state index contributed by atoms with van der Waals surface area (Å²) in [6.07, 6.45) is 0.277. The summed E-state index contributed by atoms with van der Waals surface area (Å²) in [7, 11) is 0. The highest BCUT2D eigenvalue weighted by atomic mass is 35.5. The van der Waals surface area contributed by atoms with E-state index < -0.39 is 0 Å². The van der Waals surface area contributed by atoms with Crippen LogP contribution in [0.25, 0.3) is 0 Å². The number of benzene rings is 1. The summed E-state index contributed by atoms with van der Waals surface area (Å²) < 4.78 is 0. The molecule has 0 saturated carbocycles. The molecule has 0 amide bonds. The van der Waals surface area contributed by atoms with Crippen molar-refractivity contribution in [1.82, 2.24) is 0 Å². The Bertz CT molecular complexity index is 382. The van der Waals surface area contributed by atoms with Gasteiger partial charge in [0, 0.05) is 6.04 Å². The largest absolute Gasteiger partial charge is 0.323 e. The predicted octanol–water partition coefficient (Wildman–Crippen LogP) is 3.22. The van der Waals surface area contributed by atoms with Crippen LogP contribution in [0.1, 0.15) is 23.6 Å². The molecule has 0 saturated heterocycles. The molecule has 1 aromatic carbocycles. The summed E-state index contributed by atoms with van der Waals surface area (Å²) in [5, 5.41) is 9.55. The molecule has 0 aliphatic heterocycles. The highest BCUT2D eigenvalue weighted by molar-refractivity contribution is 6.42. The van der Waals surface area contributed by atoms with Crippen LogP contribution >= 0.6 is 23.2 Å². The van der Waals surface area contributed by atoms with Crippen molar-refractivity contribution in [3.63, 3.8) is 0 Å². The first kappa shape index (κ1) is 11.3. The Morgan fingerprint density at radius 3 is 2.71 bits per heavy atom. The molecule has 14 heavy (non-hydrogen) atoms. The van der Waals surface area contributed by atoms with Gasteiger partial charge in [-0.1, -0.05) is 29.3 Å². The average molecular weight is 229 g/mol. The van der Waals surface area contributed by atoms with Gasteiger partial charge in [0.15, 0.2) is 0 Å². The molecule has 0 aromatic heterocycles. The van der Waals surface area contributed by atoms with E-state index in [-0.39, 0.29) is 12.5 Å². The minimum atomic E-state index is -0.297. The number of nitrogens with zero attached hydrogens (tertiary/aromatic N) is 1. The lowest BCUT2D eigenvalue weighted by Gasteiger charge is -2.13. The van der Waals surface area contributed by atoms with Crippen molar-refractivity contribution in [2.45, 2.75) is 19.4 Å². The summed E-state index contributed by atoms with van der Waals surface area (Å²) in [5.74, 6) is 0. The Balaban J connectivity index is 3.12. The second-order valence-corrected chi connectivity index (χ2v) is 3.83. The zero-order valence-electron chi connectivity index (χ0n) is 7.72. The summed E-state index contributed by atoms with van der Waals surface area (Å²) in [4.78, 5) is 0. The van der Waals surface area contributed by atoms with Crippen molar-refractivity contribution in [3.05, 3.63) is 33.3 Å². The molecule has 0 unspecified atom stereocenters. The normalized spacial score (nSPS) is 12.2. The van der Waals surface area contributed by atoms with Crippen molar-refractivity contribution in [3.8, 4) is 6.07 Å². The van der Waals surface area contributed by atoms with Crippen LogP contribution < -0.4 is 5.73 Å². The number of nitrogens with two attached hydrogens (primary N) is 1. The van der Waals surface area contributed by atoms with Crippen LogP contribution in [0, 0.1) is 18.3 Å². The minimum Gasteiger partial charge on any atom is -0.323 e. The zero-order valence-corrected chi connectivity index (χ0v) is 9.23. The van der Waals surface area contributed by atoms with E-state index in [4.69, 9.17) is 34.2 Å². The average Bonchev–Trinajstić information content (AvgIpc) is 2.15. The maximum Gasteiger partial charge on any atom is 0.0641 e. The Hall–Kier alpha value is -0.750. The van der Waals surface area contributed by atoms with Gasteiger partial charge in [-0.05, 0) is 24.1 Å². The SMILES string of the molecule is Cc1c([C@H](N)CC#N)ccc(Cl)c1Cl. The van der Waals surface area contributed by atoms with Crippen LogP contribution in [0.15, 0.2) is 12.1 Å². The highest BCUT2D eigenvalue weighted by Crippen LogP contribution is 2.30. The van der Waals surface area contributed by atoms with Crippen LogP contribution in [0.3, 0.4) is 0 Å². The first-order chi connectivity index (χ1) is 6.57. The molecule has 2 nitrogen and oxygen atoms in total. The van der Waals surface area contributed by atoms with Gasteiger partial charge in [-0.25, -0.2) is 0 Å². The standard InChI is InChI=1S/C10H10Cl2N2/c1-6-7(9(14)4-5-13)2-3-8(11)10(6)12/h2-3,9H,4,14H2,1H3/t9-/m1/s1. The van der Waals surface area contributed by atoms with E-state index in [0.29, 0.717) is 10.0 Å². The van der Waals surface area contributed by atoms with Crippen LogP contribution in [-0.4, -0.2) is 0 Å². The Morgan fingerprint density at radius 1 is 1.50 bits per heavy atom. The summed E-state index contributed by atoms with van der Waals surface area (Å²) in [6.45, 7) is 1.85. The van der Waals surface area contributed by atoms with Crippen LogP contribution in [-0.2, 0) is 0 Å². The van der Waals surface area contributed by atoms with Gasteiger partial charge in [0.05, 0.1) is 22.5 Å². The molecule has 0 heterocycles. The van der Waals surface area contributed by atoms with Crippen molar-refractivity contribution in [2.75, 3.05) is 0 Å². The molecule has 74 valence electrons. The fourth-order valence-electron chi connectivity index (χ4n) is 1.28. The summed E-state index contributed by atoms with van der Waals surface area (Å²) >= 11 is 11.8. The maximum absolute atomic E-state index is 8.52. The third kappa shape index (κ3) is 2.19. The lowest BCUT2D eigenvalue weighted by Crippen LogP contribution is -2.11. The summed E-state index contributed by atoms with van der Waals surface area (Å²) in [5.41, 5.74) is 7.53. The van der Waals surface area contributed by atoms with Gasteiger partial charge in [0.1, 0.15) is 0 Å². The Morgan fingerprint density at radius 2 is 2.14 bits per heavy atom. The molecule has 2 N–H and O–H groups in total. The van der Waals surface area contributed by atoms with E-state index in [1.165, 1.54) is 0 Å². The van der Waals surface area contributed by atoms with Gasteiger partial charge in [-0.2, -0.15) is 5.26 Å². The fourth-order valence-corrected chi connectivity index (χ4v) is 1.65. The first-order valence-electron chi connectivity index (χ1n) is 4.15. The monoisotopic (exact) mass is 228 g/mol. The third-order valence-corrected chi connectivity index (χ3v) is 2.99. The van der Waals surface area contributed by atoms with Crippen molar-refractivity contribution >= 4 is 23.2 Å². The van der Waals surface area contributed by atoms with Gasteiger partial charge < -0.3 is 5.73 Å². The number of halogens is 2. The predicted molar refractivity (Wildman–Crippen MR) is 58.4 cm³/mol. The molecule has 1 aromatic rings. The number of hydrogen-bond acceptors (Lipinski definition) is 2. The molecule has 0 spiro atoms. The van der Waals surface area contributed by atoms with E-state index in [1.807, 2.05) is 19.1 Å². The van der Waals surface area contributed by atoms with Crippen LogP contribution in [0.5, 0.6) is 0 Å². The number of hydrogen-bond donors (Lipinski definition) is 1. The van der Waals surface area contributed by atoms with Gasteiger partial charge >= 0.3 is 0 Å². The highest BCUT2D eigenvalue weighted by Gasteiger charge is 2.12. The molecular weight excluding hydrogens is 219 g/mol. The van der Waals surface area contributed by atoms with E-state index >= 15 is 0 Å². The van der Waals surface area contributed by atoms with E-state index in [2.05, 4.69) is 0 Å². The maximum atomic E-state index is 8.52. The van der Waals surface area contributed by atoms with Gasteiger partial charge in [0.2, 0.25) is 0 Å². The minimum absolute atomic E-state index is 0.277. The van der Waals surface area contributed by atoms with E-state index in [9.17, 15) is 0 Å².